The van der Waals surface area contributed by atoms with Gasteiger partial charge in [-0.1, -0.05) is 6.07 Å². The Hall–Kier alpha value is -2.88. The van der Waals surface area contributed by atoms with Gasteiger partial charge in [0.25, 0.3) is 0 Å². The zero-order valence-corrected chi connectivity index (χ0v) is 17.3. The number of benzene rings is 1. The minimum absolute atomic E-state index is 0.0422. The Labute approximate surface area is 176 Å². The molecule has 0 fully saturated rings. The lowest BCUT2D eigenvalue weighted by Gasteiger charge is -2.23. The van der Waals surface area contributed by atoms with Crippen LogP contribution in [0.25, 0.3) is 11.0 Å². The first-order valence-electron chi connectivity index (χ1n) is 9.54. The predicted octanol–water partition coefficient (Wildman–Crippen LogP) is 3.70. The predicted molar refractivity (Wildman–Crippen MR) is 107 cm³/mol. The molecule has 1 aliphatic rings. The highest BCUT2D eigenvalue weighted by atomic mass is 32.2. The van der Waals surface area contributed by atoms with E-state index in [-0.39, 0.29) is 18.5 Å². The second-order valence-corrected chi connectivity index (χ2v) is 9.77. The molecule has 3 heterocycles. The molecular formula is C21H19F3N2O4S. The van der Waals surface area contributed by atoms with Gasteiger partial charge in [-0.15, -0.1) is 0 Å². The van der Waals surface area contributed by atoms with E-state index >= 15 is 0 Å². The lowest BCUT2D eigenvalue weighted by Crippen LogP contribution is -2.26. The molecule has 1 aliphatic heterocycles. The molecule has 0 aliphatic carbocycles. The van der Waals surface area contributed by atoms with Crippen LogP contribution in [0, 0.1) is 5.92 Å². The number of rotatable bonds is 4. The molecule has 164 valence electrons. The molecule has 0 saturated heterocycles. The first kappa shape index (κ1) is 21.4. The summed E-state index contributed by atoms with van der Waals surface area (Å²) in [4.78, 5) is 15.4. The highest BCUT2D eigenvalue weighted by Crippen LogP contribution is 2.38. The van der Waals surface area contributed by atoms with Crippen molar-refractivity contribution in [1.82, 2.24) is 9.55 Å². The molecule has 2 aromatic heterocycles. The van der Waals surface area contributed by atoms with E-state index in [1.165, 1.54) is 12.1 Å². The molecule has 1 N–H and O–H groups in total. The van der Waals surface area contributed by atoms with Crippen molar-refractivity contribution in [2.24, 2.45) is 5.92 Å². The molecular weight excluding hydrogens is 433 g/mol. The maximum Gasteiger partial charge on any atom is 0.416 e. The van der Waals surface area contributed by atoms with E-state index in [9.17, 15) is 31.5 Å². The van der Waals surface area contributed by atoms with Crippen molar-refractivity contribution >= 4 is 26.8 Å². The van der Waals surface area contributed by atoms with Crippen molar-refractivity contribution in [3.63, 3.8) is 0 Å². The Morgan fingerprint density at radius 1 is 1.29 bits per heavy atom. The van der Waals surface area contributed by atoms with Crippen LogP contribution in [0.15, 0.2) is 41.4 Å². The number of carbonyl (C=O) groups is 1. The smallest absolute Gasteiger partial charge is 0.416 e. The lowest BCUT2D eigenvalue weighted by atomic mass is 9.93. The number of pyridine rings is 1. The topological polar surface area (TPSA) is 89.3 Å². The van der Waals surface area contributed by atoms with Crippen LogP contribution >= 0.6 is 0 Å². The van der Waals surface area contributed by atoms with Crippen LogP contribution in [0.5, 0.6) is 0 Å². The molecule has 0 bridgehead atoms. The van der Waals surface area contributed by atoms with E-state index < -0.39 is 38.4 Å². The average molecular weight is 452 g/mol. The zero-order chi connectivity index (χ0) is 22.6. The molecule has 1 atom stereocenters. The van der Waals surface area contributed by atoms with Crippen LogP contribution in [-0.4, -0.2) is 35.3 Å². The van der Waals surface area contributed by atoms with Gasteiger partial charge in [0.15, 0.2) is 9.84 Å². The van der Waals surface area contributed by atoms with Crippen LogP contribution in [0.3, 0.4) is 0 Å². The summed E-state index contributed by atoms with van der Waals surface area (Å²) in [6.45, 7) is 0.206. The zero-order valence-electron chi connectivity index (χ0n) is 16.5. The molecule has 0 amide bonds. The van der Waals surface area contributed by atoms with Gasteiger partial charge in [-0.3, -0.25) is 4.79 Å². The standard InChI is InChI=1S/C21H19F3N2O4S/c1-31(29,30)14-6-4-12(17(10-14)21(22,23)24)9-16-15-3-2-8-25-19(15)26-11-13(20(27)28)5-7-18(16)26/h2-4,6,8,10,13H,5,7,9,11H2,1H3,(H,27,28). The summed E-state index contributed by atoms with van der Waals surface area (Å²) in [6, 6.07) is 6.51. The maximum atomic E-state index is 13.8. The Balaban J connectivity index is 1.86. The summed E-state index contributed by atoms with van der Waals surface area (Å²) in [5.74, 6) is -1.50. The normalized spacial score (nSPS) is 17.0. The van der Waals surface area contributed by atoms with Gasteiger partial charge in [-0.25, -0.2) is 13.4 Å². The average Bonchev–Trinajstić information content (AvgIpc) is 3.00. The lowest BCUT2D eigenvalue weighted by molar-refractivity contribution is -0.142. The van der Waals surface area contributed by atoms with Crippen LogP contribution in [0.4, 0.5) is 13.2 Å². The van der Waals surface area contributed by atoms with Gasteiger partial charge in [0, 0.05) is 36.5 Å². The third kappa shape index (κ3) is 3.91. The van der Waals surface area contributed by atoms with E-state index in [4.69, 9.17) is 0 Å². The fraction of sp³-hybridized carbons (Fsp3) is 0.333. The number of sulfone groups is 1. The van der Waals surface area contributed by atoms with Crippen LogP contribution in [0.1, 0.15) is 28.8 Å². The monoisotopic (exact) mass is 452 g/mol. The van der Waals surface area contributed by atoms with Gasteiger partial charge < -0.3 is 9.67 Å². The van der Waals surface area contributed by atoms with Gasteiger partial charge in [-0.2, -0.15) is 13.2 Å². The van der Waals surface area contributed by atoms with Crippen molar-refractivity contribution in [1.29, 1.82) is 0 Å². The first-order valence-corrected chi connectivity index (χ1v) is 11.4. The van der Waals surface area contributed by atoms with E-state index in [0.717, 1.165) is 11.9 Å². The molecule has 1 aromatic carbocycles. The largest absolute Gasteiger partial charge is 0.481 e. The number of alkyl halides is 3. The Morgan fingerprint density at radius 3 is 2.68 bits per heavy atom. The number of halogens is 3. The fourth-order valence-corrected chi connectivity index (χ4v) is 4.84. The van der Waals surface area contributed by atoms with Crippen molar-refractivity contribution in [2.75, 3.05) is 6.26 Å². The second-order valence-electron chi connectivity index (χ2n) is 7.75. The number of hydrogen-bond donors (Lipinski definition) is 1. The Bertz CT molecular complexity index is 1300. The van der Waals surface area contributed by atoms with Crippen molar-refractivity contribution in [2.45, 2.75) is 36.9 Å². The number of aromatic nitrogens is 2. The van der Waals surface area contributed by atoms with Gasteiger partial charge in [0.1, 0.15) is 5.65 Å². The second kappa shape index (κ2) is 7.37. The molecule has 4 rings (SSSR count). The molecule has 0 spiro atoms. The molecule has 3 aromatic rings. The minimum atomic E-state index is -4.72. The third-order valence-electron chi connectivity index (χ3n) is 5.71. The highest BCUT2D eigenvalue weighted by Gasteiger charge is 2.35. The van der Waals surface area contributed by atoms with Gasteiger partial charge in [0.2, 0.25) is 0 Å². The SMILES string of the molecule is CS(=O)(=O)c1ccc(Cc2c3n(c4ncccc24)CC(C(=O)O)CC3)c(C(F)(F)F)c1. The molecule has 31 heavy (non-hydrogen) atoms. The Kier molecular flexibility index (Phi) is 5.07. The summed E-state index contributed by atoms with van der Waals surface area (Å²) >= 11 is 0. The van der Waals surface area contributed by atoms with Crippen molar-refractivity contribution in [3.05, 3.63) is 58.9 Å². The number of carboxylic acids is 1. The van der Waals surface area contributed by atoms with Gasteiger partial charge >= 0.3 is 12.1 Å². The summed E-state index contributed by atoms with van der Waals surface area (Å²) in [5, 5.41) is 10.1. The molecule has 1 unspecified atom stereocenters. The van der Waals surface area contributed by atoms with E-state index in [0.29, 0.717) is 35.5 Å². The number of hydrogen-bond acceptors (Lipinski definition) is 4. The number of aliphatic carboxylic acids is 1. The molecule has 10 heteroatoms. The van der Waals surface area contributed by atoms with E-state index in [2.05, 4.69) is 4.98 Å². The summed E-state index contributed by atoms with van der Waals surface area (Å²) < 4.78 is 66.6. The molecule has 0 radical (unpaired) electrons. The van der Waals surface area contributed by atoms with Crippen molar-refractivity contribution in [3.8, 4) is 0 Å². The van der Waals surface area contributed by atoms with Gasteiger partial charge in [-0.05, 0) is 48.2 Å². The van der Waals surface area contributed by atoms with Crippen LogP contribution in [0.2, 0.25) is 0 Å². The minimum Gasteiger partial charge on any atom is -0.481 e. The van der Waals surface area contributed by atoms with E-state index in [1.807, 2.05) is 0 Å². The maximum absolute atomic E-state index is 13.8. The summed E-state index contributed by atoms with van der Waals surface area (Å²) in [6.07, 6.45) is -1.57. The van der Waals surface area contributed by atoms with Crippen molar-refractivity contribution < 1.29 is 31.5 Å². The molecule has 6 nitrogen and oxygen atoms in total. The van der Waals surface area contributed by atoms with E-state index in [1.54, 1.807) is 22.9 Å². The number of carboxylic acid groups (broad SMARTS) is 1. The Morgan fingerprint density at radius 2 is 2.03 bits per heavy atom. The molecule has 0 saturated carbocycles. The van der Waals surface area contributed by atoms with Gasteiger partial charge in [0.05, 0.1) is 16.4 Å². The quantitative estimate of drug-likeness (QED) is 0.652. The summed E-state index contributed by atoms with van der Waals surface area (Å²) in [7, 11) is -3.80. The first-order chi connectivity index (χ1) is 14.5. The fourth-order valence-electron chi connectivity index (χ4n) is 4.19. The summed E-state index contributed by atoms with van der Waals surface area (Å²) in [5.41, 5.74) is 0.932. The third-order valence-corrected chi connectivity index (χ3v) is 6.82. The highest BCUT2D eigenvalue weighted by molar-refractivity contribution is 7.90. The number of nitrogens with zero attached hydrogens (tertiary/aromatic N) is 2. The number of fused-ring (bicyclic) bond motifs is 3. The van der Waals surface area contributed by atoms with Crippen LogP contribution in [-0.2, 0) is 40.2 Å². The van der Waals surface area contributed by atoms with Crippen LogP contribution < -0.4 is 0 Å².